The van der Waals surface area contributed by atoms with E-state index in [1.54, 1.807) is 7.05 Å². The van der Waals surface area contributed by atoms with Gasteiger partial charge in [-0.2, -0.15) is 0 Å². The number of carbonyl (C=O) groups is 1. The molecule has 0 radical (unpaired) electrons. The SMILES string of the molecule is CNC(=O)CSCC[18F]. The first kappa shape index (κ1) is 8.75. The summed E-state index contributed by atoms with van der Waals surface area (Å²) in [6, 6.07) is 0. The predicted molar refractivity (Wildman–Crippen MR) is 37.4 cm³/mol. The quantitative estimate of drug-likeness (QED) is 0.589. The molecule has 9 heavy (non-hydrogen) atoms. The average molecular weight is 150 g/mol. The van der Waals surface area contributed by atoms with Crippen LogP contribution in [0.5, 0.6) is 0 Å². The van der Waals surface area contributed by atoms with E-state index in [4.69, 9.17) is 0 Å². The molecule has 0 aromatic carbocycles. The molecular formula is C5H10FNOS. The van der Waals surface area contributed by atoms with Gasteiger partial charge in [-0.25, -0.2) is 0 Å². The number of alkyl halides is 1. The van der Waals surface area contributed by atoms with Crippen molar-refractivity contribution >= 4 is 17.7 Å². The van der Waals surface area contributed by atoms with Gasteiger partial charge in [-0.1, -0.05) is 0 Å². The van der Waals surface area contributed by atoms with E-state index in [2.05, 4.69) is 5.32 Å². The van der Waals surface area contributed by atoms with Crippen LogP contribution in [0.1, 0.15) is 0 Å². The predicted octanol–water partition coefficient (Wildman–Crippen LogP) is 0.435. The minimum Gasteiger partial charge on any atom is -0.358 e. The number of amides is 1. The maximum Gasteiger partial charge on any atom is 0.229 e. The Morgan fingerprint density at radius 3 is 2.89 bits per heavy atom. The van der Waals surface area contributed by atoms with Crippen LogP contribution in [-0.2, 0) is 4.79 Å². The maximum absolute atomic E-state index is 11.4. The normalized spacial score (nSPS) is 9.11. The van der Waals surface area contributed by atoms with Crippen LogP contribution in [0.3, 0.4) is 0 Å². The van der Waals surface area contributed by atoms with Gasteiger partial charge < -0.3 is 5.32 Å². The molecule has 0 aromatic rings. The Labute approximate surface area is 58.2 Å². The fraction of sp³-hybridized carbons (Fsp3) is 0.800. The zero-order valence-electron chi connectivity index (χ0n) is 5.32. The van der Waals surface area contributed by atoms with Gasteiger partial charge in [0.1, 0.15) is 0 Å². The molecule has 0 rings (SSSR count). The monoisotopic (exact) mass is 150 g/mol. The minimum atomic E-state index is -0.359. The molecule has 0 aromatic heterocycles. The first-order valence-corrected chi connectivity index (χ1v) is 3.81. The van der Waals surface area contributed by atoms with Crippen molar-refractivity contribution in [1.29, 1.82) is 0 Å². The standard InChI is InChI=1S/C5H10FNOS/c1-7-5(8)4-9-3-2-6/h2-4H2,1H3,(H,7,8)/i6-1. The second-order valence-corrected chi connectivity index (χ2v) is 2.52. The van der Waals surface area contributed by atoms with E-state index >= 15 is 0 Å². The molecule has 0 fully saturated rings. The molecule has 0 spiro atoms. The highest BCUT2D eigenvalue weighted by Crippen LogP contribution is 1.97. The highest BCUT2D eigenvalue weighted by atomic mass is 32.2. The van der Waals surface area contributed by atoms with Gasteiger partial charge in [0.25, 0.3) is 0 Å². The van der Waals surface area contributed by atoms with Crippen molar-refractivity contribution in [1.82, 2.24) is 5.32 Å². The topological polar surface area (TPSA) is 29.1 Å². The Kier molecular flexibility index (Phi) is 5.72. The largest absolute Gasteiger partial charge is 0.358 e. The number of carbonyl (C=O) groups excluding carboxylic acids is 1. The van der Waals surface area contributed by atoms with Gasteiger partial charge in [-0.05, 0) is 0 Å². The highest BCUT2D eigenvalue weighted by molar-refractivity contribution is 7.99. The Hall–Kier alpha value is -0.250. The number of nitrogens with one attached hydrogen (secondary N) is 1. The molecule has 1 amide bonds. The number of thioether (sulfide) groups is 1. The van der Waals surface area contributed by atoms with Crippen LogP contribution < -0.4 is 5.32 Å². The van der Waals surface area contributed by atoms with E-state index in [-0.39, 0.29) is 12.6 Å². The van der Waals surface area contributed by atoms with Crippen molar-refractivity contribution in [2.24, 2.45) is 0 Å². The van der Waals surface area contributed by atoms with Crippen molar-refractivity contribution in [3.63, 3.8) is 0 Å². The fourth-order valence-electron chi connectivity index (χ4n) is 0.292. The lowest BCUT2D eigenvalue weighted by atomic mass is 10.7. The summed E-state index contributed by atoms with van der Waals surface area (Å²) in [5.41, 5.74) is 0. The summed E-state index contributed by atoms with van der Waals surface area (Å²) >= 11 is 1.30. The number of hydrogen-bond acceptors (Lipinski definition) is 2. The molecule has 0 bridgehead atoms. The van der Waals surface area contributed by atoms with E-state index in [9.17, 15) is 9.18 Å². The first-order chi connectivity index (χ1) is 4.31. The number of halogens is 1. The molecule has 2 nitrogen and oxygen atoms in total. The number of hydrogen-bond donors (Lipinski definition) is 1. The van der Waals surface area contributed by atoms with Crippen LogP contribution in [0, 0.1) is 0 Å². The molecule has 0 atom stereocenters. The summed E-state index contributed by atoms with van der Waals surface area (Å²) in [6.45, 7) is -0.359. The molecule has 0 unspecified atom stereocenters. The molecule has 0 aliphatic rings. The van der Waals surface area contributed by atoms with E-state index in [1.807, 2.05) is 0 Å². The van der Waals surface area contributed by atoms with Gasteiger partial charge >= 0.3 is 0 Å². The minimum absolute atomic E-state index is 0.0477. The third kappa shape index (κ3) is 5.62. The average Bonchev–Trinajstić information content (AvgIpc) is 1.89. The Morgan fingerprint density at radius 2 is 2.44 bits per heavy atom. The van der Waals surface area contributed by atoms with E-state index in [0.717, 1.165) is 0 Å². The second kappa shape index (κ2) is 5.88. The summed E-state index contributed by atoms with van der Waals surface area (Å²) < 4.78 is 11.4. The van der Waals surface area contributed by atoms with Crippen LogP contribution in [-0.4, -0.2) is 31.1 Å². The van der Waals surface area contributed by atoms with Crippen LogP contribution in [0.4, 0.5) is 4.39 Å². The lowest BCUT2D eigenvalue weighted by Crippen LogP contribution is -2.20. The van der Waals surface area contributed by atoms with Crippen LogP contribution >= 0.6 is 11.8 Å². The third-order valence-electron chi connectivity index (χ3n) is 0.733. The van der Waals surface area contributed by atoms with Crippen molar-refractivity contribution in [3.8, 4) is 0 Å². The van der Waals surface area contributed by atoms with E-state index in [1.165, 1.54) is 11.8 Å². The zero-order chi connectivity index (χ0) is 7.11. The van der Waals surface area contributed by atoms with Crippen molar-refractivity contribution in [2.75, 3.05) is 25.2 Å². The molecular weight excluding hydrogens is 140 g/mol. The summed E-state index contributed by atoms with van der Waals surface area (Å²) in [4.78, 5) is 10.4. The third-order valence-corrected chi connectivity index (χ3v) is 1.64. The molecule has 54 valence electrons. The zero-order valence-corrected chi connectivity index (χ0v) is 6.13. The van der Waals surface area contributed by atoms with Crippen molar-refractivity contribution in [3.05, 3.63) is 0 Å². The van der Waals surface area contributed by atoms with Crippen molar-refractivity contribution < 1.29 is 9.18 Å². The molecule has 0 saturated carbocycles. The molecule has 4 heteroatoms. The van der Waals surface area contributed by atoms with Crippen LogP contribution in [0.15, 0.2) is 0 Å². The summed E-state index contributed by atoms with van der Waals surface area (Å²) in [7, 11) is 1.57. The summed E-state index contributed by atoms with van der Waals surface area (Å²) in [6.07, 6.45) is 0. The Bertz CT molecular complexity index is 89.0. The van der Waals surface area contributed by atoms with Gasteiger partial charge in [0.15, 0.2) is 0 Å². The molecule has 1 N–H and O–H groups in total. The second-order valence-electron chi connectivity index (χ2n) is 1.41. The number of rotatable bonds is 4. The summed E-state index contributed by atoms with van der Waals surface area (Å²) in [5, 5.41) is 2.44. The lowest BCUT2D eigenvalue weighted by molar-refractivity contribution is -0.118. The van der Waals surface area contributed by atoms with E-state index in [0.29, 0.717) is 11.5 Å². The highest BCUT2D eigenvalue weighted by Gasteiger charge is 1.95. The Balaban J connectivity index is 2.97. The Morgan fingerprint density at radius 1 is 1.78 bits per heavy atom. The van der Waals surface area contributed by atoms with Crippen LogP contribution in [0.2, 0.25) is 0 Å². The lowest BCUT2D eigenvalue weighted by Gasteiger charge is -1.95. The van der Waals surface area contributed by atoms with Gasteiger partial charge in [-0.3, -0.25) is 9.18 Å². The van der Waals surface area contributed by atoms with Crippen molar-refractivity contribution in [2.45, 2.75) is 0 Å². The van der Waals surface area contributed by atoms with Crippen LogP contribution in [0.25, 0.3) is 0 Å². The fourth-order valence-corrected chi connectivity index (χ4v) is 0.875. The van der Waals surface area contributed by atoms with Gasteiger partial charge in [0.2, 0.25) is 5.91 Å². The molecule has 0 aliphatic carbocycles. The maximum atomic E-state index is 11.4. The van der Waals surface area contributed by atoms with Gasteiger partial charge in [0, 0.05) is 12.8 Å². The first-order valence-electron chi connectivity index (χ1n) is 2.65. The van der Waals surface area contributed by atoms with Gasteiger partial charge in [0.05, 0.1) is 12.4 Å². The molecule has 0 saturated heterocycles. The molecule has 0 heterocycles. The molecule has 0 aliphatic heterocycles. The van der Waals surface area contributed by atoms with Gasteiger partial charge in [-0.15, -0.1) is 11.8 Å². The van der Waals surface area contributed by atoms with E-state index < -0.39 is 0 Å². The smallest absolute Gasteiger partial charge is 0.229 e. The summed E-state index contributed by atoms with van der Waals surface area (Å²) in [5.74, 6) is 0.724.